The molecule has 1 N–H and O–H groups in total. The van der Waals surface area contributed by atoms with Crippen LogP contribution >= 0.6 is 0 Å². The number of benzene rings is 1. The molecule has 1 saturated heterocycles. The van der Waals surface area contributed by atoms with Gasteiger partial charge in [0.15, 0.2) is 11.6 Å². The van der Waals surface area contributed by atoms with Gasteiger partial charge >= 0.3 is 6.03 Å². The Morgan fingerprint density at radius 3 is 2.12 bits per heavy atom. The van der Waals surface area contributed by atoms with Gasteiger partial charge in [0.25, 0.3) is 5.91 Å². The van der Waals surface area contributed by atoms with Crippen LogP contribution < -0.4 is 10.2 Å². The van der Waals surface area contributed by atoms with Gasteiger partial charge in [0.1, 0.15) is 11.5 Å². The largest absolute Gasteiger partial charge is 0.329 e. The molecule has 16 heavy (non-hydrogen) atoms. The molecule has 1 aliphatic rings. The van der Waals surface area contributed by atoms with E-state index in [2.05, 4.69) is 5.32 Å². The second-order valence-corrected chi connectivity index (χ2v) is 3.11. The molecule has 1 aromatic rings. The molecular formula is C9H5F3N2O2. The molecule has 1 heterocycles. The number of halogens is 3. The maximum atomic E-state index is 13.3. The van der Waals surface area contributed by atoms with Crippen LogP contribution in [-0.2, 0) is 4.79 Å². The molecule has 0 saturated carbocycles. The molecule has 0 unspecified atom stereocenters. The number of nitrogens with zero attached hydrogens (tertiary/aromatic N) is 1. The van der Waals surface area contributed by atoms with E-state index in [1.165, 1.54) is 0 Å². The smallest absolute Gasteiger partial charge is 0.328 e. The Labute approximate surface area is 87.6 Å². The van der Waals surface area contributed by atoms with E-state index < -0.39 is 35.1 Å². The molecule has 3 amide bonds. The first kappa shape index (κ1) is 10.5. The minimum Gasteiger partial charge on any atom is -0.328 e. The van der Waals surface area contributed by atoms with Crippen molar-refractivity contribution in [2.45, 2.75) is 0 Å². The van der Waals surface area contributed by atoms with Crippen molar-refractivity contribution in [1.82, 2.24) is 5.32 Å². The number of amides is 3. The fourth-order valence-electron chi connectivity index (χ4n) is 1.40. The van der Waals surface area contributed by atoms with Crippen LogP contribution in [-0.4, -0.2) is 18.5 Å². The van der Waals surface area contributed by atoms with Crippen molar-refractivity contribution in [2.24, 2.45) is 0 Å². The Bertz CT molecular complexity index is 451. The molecule has 0 bridgehead atoms. The van der Waals surface area contributed by atoms with Crippen LogP contribution in [0.5, 0.6) is 0 Å². The zero-order valence-corrected chi connectivity index (χ0v) is 7.76. The van der Waals surface area contributed by atoms with Gasteiger partial charge in [-0.1, -0.05) is 0 Å². The van der Waals surface area contributed by atoms with Crippen molar-refractivity contribution in [1.29, 1.82) is 0 Å². The molecule has 4 nitrogen and oxygen atoms in total. The van der Waals surface area contributed by atoms with E-state index in [1.54, 1.807) is 0 Å². The molecule has 0 aromatic heterocycles. The fourth-order valence-corrected chi connectivity index (χ4v) is 1.40. The van der Waals surface area contributed by atoms with Crippen LogP contribution in [0.25, 0.3) is 0 Å². The van der Waals surface area contributed by atoms with Crippen molar-refractivity contribution < 1.29 is 22.8 Å². The molecule has 0 spiro atoms. The van der Waals surface area contributed by atoms with Gasteiger partial charge < -0.3 is 5.32 Å². The first-order chi connectivity index (χ1) is 7.50. The molecule has 1 aliphatic heterocycles. The molecule has 2 rings (SSSR count). The van der Waals surface area contributed by atoms with E-state index in [0.717, 1.165) is 0 Å². The molecule has 0 aliphatic carbocycles. The van der Waals surface area contributed by atoms with Crippen LogP contribution in [0, 0.1) is 17.5 Å². The zero-order chi connectivity index (χ0) is 11.9. The summed E-state index contributed by atoms with van der Waals surface area (Å²) in [6, 6.07) is -0.136. The van der Waals surface area contributed by atoms with Gasteiger partial charge in [-0.05, 0) is 0 Å². The van der Waals surface area contributed by atoms with Crippen LogP contribution in [0.1, 0.15) is 0 Å². The lowest BCUT2D eigenvalue weighted by Gasteiger charge is -2.13. The summed E-state index contributed by atoms with van der Waals surface area (Å²) in [5.74, 6) is -4.52. The number of hydrogen-bond acceptors (Lipinski definition) is 2. The highest BCUT2D eigenvalue weighted by atomic mass is 19.1. The number of carbonyl (C=O) groups is 2. The summed E-state index contributed by atoms with van der Waals surface area (Å²) in [7, 11) is 0. The number of imide groups is 1. The maximum absolute atomic E-state index is 13.3. The zero-order valence-electron chi connectivity index (χ0n) is 7.76. The Morgan fingerprint density at radius 1 is 1.12 bits per heavy atom. The van der Waals surface area contributed by atoms with Crippen molar-refractivity contribution >= 4 is 17.6 Å². The number of urea groups is 1. The van der Waals surface area contributed by atoms with Crippen LogP contribution in [0.2, 0.25) is 0 Å². The summed E-state index contributed by atoms with van der Waals surface area (Å²) in [6.45, 7) is -0.338. The maximum Gasteiger partial charge on any atom is 0.329 e. The van der Waals surface area contributed by atoms with E-state index in [0.29, 0.717) is 17.0 Å². The lowest BCUT2D eigenvalue weighted by atomic mass is 10.2. The van der Waals surface area contributed by atoms with E-state index in [4.69, 9.17) is 0 Å². The standard InChI is InChI=1S/C9H5F3N2O2/c10-4-1-5(11)8(6(12)2-4)14-7(15)3-13-9(14)16/h1-2H,3H2,(H,13,16). The summed E-state index contributed by atoms with van der Waals surface area (Å²) in [4.78, 5) is 22.6. The molecule has 0 radical (unpaired) electrons. The normalized spacial score (nSPS) is 15.6. The second kappa shape index (κ2) is 3.51. The number of nitrogens with one attached hydrogen (secondary N) is 1. The molecular weight excluding hydrogens is 225 g/mol. The molecule has 84 valence electrons. The number of rotatable bonds is 1. The van der Waals surface area contributed by atoms with E-state index in [-0.39, 0.29) is 6.54 Å². The number of hydrogen-bond donors (Lipinski definition) is 1. The predicted molar refractivity (Wildman–Crippen MR) is 47.2 cm³/mol. The Hall–Kier alpha value is -2.05. The molecule has 1 aromatic carbocycles. The minimum atomic E-state index is -1.30. The fraction of sp³-hybridized carbons (Fsp3) is 0.111. The highest BCUT2D eigenvalue weighted by molar-refractivity contribution is 6.19. The molecule has 7 heteroatoms. The summed E-state index contributed by atoms with van der Waals surface area (Å²) < 4.78 is 39.1. The third-order valence-corrected chi connectivity index (χ3v) is 2.05. The van der Waals surface area contributed by atoms with Crippen LogP contribution in [0.3, 0.4) is 0 Å². The van der Waals surface area contributed by atoms with Gasteiger partial charge in [-0.3, -0.25) is 4.79 Å². The Balaban J connectivity index is 2.55. The number of carbonyl (C=O) groups excluding carboxylic acids is 2. The molecule has 1 fully saturated rings. The third kappa shape index (κ3) is 1.50. The third-order valence-electron chi connectivity index (χ3n) is 2.05. The average molecular weight is 230 g/mol. The van der Waals surface area contributed by atoms with Gasteiger partial charge in [-0.15, -0.1) is 0 Å². The van der Waals surface area contributed by atoms with E-state index in [1.807, 2.05) is 0 Å². The monoisotopic (exact) mass is 230 g/mol. The minimum absolute atomic E-state index is 0.310. The predicted octanol–water partition coefficient (Wildman–Crippen LogP) is 1.16. The van der Waals surface area contributed by atoms with Crippen molar-refractivity contribution in [2.75, 3.05) is 11.4 Å². The summed E-state index contributed by atoms with van der Waals surface area (Å²) in [6.07, 6.45) is 0. The molecule has 0 atom stereocenters. The highest BCUT2D eigenvalue weighted by Crippen LogP contribution is 2.26. The van der Waals surface area contributed by atoms with Gasteiger partial charge in [0.2, 0.25) is 0 Å². The lowest BCUT2D eigenvalue weighted by molar-refractivity contribution is -0.115. The summed E-state index contributed by atoms with van der Waals surface area (Å²) in [5.41, 5.74) is -0.860. The van der Waals surface area contributed by atoms with Crippen molar-refractivity contribution in [3.8, 4) is 0 Å². The summed E-state index contributed by atoms with van der Waals surface area (Å²) in [5, 5.41) is 2.10. The second-order valence-electron chi connectivity index (χ2n) is 3.11. The first-order valence-electron chi connectivity index (χ1n) is 4.26. The number of anilines is 1. The van der Waals surface area contributed by atoms with E-state index >= 15 is 0 Å². The van der Waals surface area contributed by atoms with Gasteiger partial charge in [0.05, 0.1) is 6.54 Å². The lowest BCUT2D eigenvalue weighted by Crippen LogP contribution is -2.32. The van der Waals surface area contributed by atoms with Crippen molar-refractivity contribution in [3.05, 3.63) is 29.6 Å². The van der Waals surface area contributed by atoms with Gasteiger partial charge in [-0.2, -0.15) is 0 Å². The highest BCUT2D eigenvalue weighted by Gasteiger charge is 2.34. The summed E-state index contributed by atoms with van der Waals surface area (Å²) >= 11 is 0. The average Bonchev–Trinajstić information content (AvgIpc) is 2.47. The topological polar surface area (TPSA) is 49.4 Å². The van der Waals surface area contributed by atoms with E-state index in [9.17, 15) is 22.8 Å². The van der Waals surface area contributed by atoms with Gasteiger partial charge in [0, 0.05) is 12.1 Å². The van der Waals surface area contributed by atoms with Crippen LogP contribution in [0.4, 0.5) is 23.7 Å². The first-order valence-corrected chi connectivity index (χ1v) is 4.26. The quantitative estimate of drug-likeness (QED) is 0.736. The Kier molecular flexibility index (Phi) is 2.30. The SMILES string of the molecule is O=C1CNC(=O)N1c1c(F)cc(F)cc1F. The Morgan fingerprint density at radius 2 is 1.69 bits per heavy atom. The van der Waals surface area contributed by atoms with Crippen LogP contribution in [0.15, 0.2) is 12.1 Å². The van der Waals surface area contributed by atoms with Gasteiger partial charge in [-0.25, -0.2) is 22.9 Å². The van der Waals surface area contributed by atoms with Crippen molar-refractivity contribution in [3.63, 3.8) is 0 Å².